The second kappa shape index (κ2) is 8.43. The molecule has 3 heterocycles. The molecule has 0 bridgehead atoms. The lowest BCUT2D eigenvalue weighted by Crippen LogP contribution is -2.16. The van der Waals surface area contributed by atoms with Crippen LogP contribution >= 0.6 is 11.8 Å². The SMILES string of the molecule is CCCCCCSc1nnc2c(n1)O[C@H](c1ccco1)Nc1ccccc1-2. The van der Waals surface area contributed by atoms with Crippen LogP contribution in [0.25, 0.3) is 11.3 Å². The molecule has 0 aliphatic carbocycles. The van der Waals surface area contributed by atoms with Crippen LogP contribution in [0.1, 0.15) is 44.6 Å². The van der Waals surface area contributed by atoms with Gasteiger partial charge in [0, 0.05) is 17.0 Å². The lowest BCUT2D eigenvalue weighted by molar-refractivity contribution is 0.195. The Morgan fingerprint density at radius 1 is 1.07 bits per heavy atom. The number of hydrogen-bond acceptors (Lipinski definition) is 7. The average Bonchev–Trinajstić information content (AvgIpc) is 3.18. The van der Waals surface area contributed by atoms with Gasteiger partial charge in [-0.25, -0.2) is 0 Å². The summed E-state index contributed by atoms with van der Waals surface area (Å²) in [5.41, 5.74) is 2.47. The fourth-order valence-corrected chi connectivity index (χ4v) is 3.75. The van der Waals surface area contributed by atoms with Gasteiger partial charge in [0.1, 0.15) is 0 Å². The van der Waals surface area contributed by atoms with Crippen molar-refractivity contribution in [2.24, 2.45) is 0 Å². The molecule has 0 saturated heterocycles. The molecular weight excluding hydrogens is 360 g/mol. The number of nitrogens with one attached hydrogen (secondary N) is 1. The molecule has 1 N–H and O–H groups in total. The van der Waals surface area contributed by atoms with Crippen molar-refractivity contribution in [1.29, 1.82) is 0 Å². The number of fused-ring (bicyclic) bond motifs is 3. The van der Waals surface area contributed by atoms with Gasteiger partial charge in [0.05, 0.1) is 6.26 Å². The van der Waals surface area contributed by atoms with E-state index in [4.69, 9.17) is 9.15 Å². The van der Waals surface area contributed by atoms with Crippen LogP contribution in [0.15, 0.2) is 52.2 Å². The average molecular weight is 382 g/mol. The van der Waals surface area contributed by atoms with E-state index < -0.39 is 6.23 Å². The van der Waals surface area contributed by atoms with Crippen molar-refractivity contribution in [3.8, 4) is 17.1 Å². The number of nitrogens with zero attached hydrogens (tertiary/aromatic N) is 3. The summed E-state index contributed by atoms with van der Waals surface area (Å²) in [4.78, 5) is 4.64. The molecule has 0 radical (unpaired) electrons. The van der Waals surface area contributed by atoms with E-state index in [1.165, 1.54) is 19.3 Å². The summed E-state index contributed by atoms with van der Waals surface area (Å²) in [7, 11) is 0. The monoisotopic (exact) mass is 382 g/mol. The highest BCUT2D eigenvalue weighted by Crippen LogP contribution is 2.39. The second-order valence-corrected chi connectivity index (χ2v) is 7.42. The van der Waals surface area contributed by atoms with Gasteiger partial charge in [-0.2, -0.15) is 4.98 Å². The van der Waals surface area contributed by atoms with E-state index in [1.54, 1.807) is 18.0 Å². The first kappa shape index (κ1) is 17.9. The van der Waals surface area contributed by atoms with E-state index in [-0.39, 0.29) is 0 Å². The summed E-state index contributed by atoms with van der Waals surface area (Å²) < 4.78 is 11.7. The first-order chi connectivity index (χ1) is 13.3. The van der Waals surface area contributed by atoms with Gasteiger partial charge in [-0.1, -0.05) is 56.1 Å². The van der Waals surface area contributed by atoms with Crippen molar-refractivity contribution >= 4 is 17.4 Å². The Balaban J connectivity index is 1.61. The molecule has 27 heavy (non-hydrogen) atoms. The molecule has 0 unspecified atom stereocenters. The molecule has 140 valence electrons. The van der Waals surface area contributed by atoms with Gasteiger partial charge in [0.2, 0.25) is 17.3 Å². The Morgan fingerprint density at radius 3 is 2.85 bits per heavy atom. The summed E-state index contributed by atoms with van der Waals surface area (Å²) in [6.45, 7) is 2.21. The van der Waals surface area contributed by atoms with E-state index in [1.807, 2.05) is 36.4 Å². The first-order valence-electron chi connectivity index (χ1n) is 9.28. The highest BCUT2D eigenvalue weighted by atomic mass is 32.2. The molecule has 1 atom stereocenters. The van der Waals surface area contributed by atoms with Gasteiger partial charge in [0.25, 0.3) is 0 Å². The van der Waals surface area contributed by atoms with Gasteiger partial charge in [0.15, 0.2) is 11.5 Å². The van der Waals surface area contributed by atoms with Crippen LogP contribution in [-0.4, -0.2) is 20.9 Å². The molecule has 0 fully saturated rings. The zero-order valence-electron chi connectivity index (χ0n) is 15.2. The predicted octanol–water partition coefficient (Wildman–Crippen LogP) is 5.31. The molecule has 4 rings (SSSR count). The van der Waals surface area contributed by atoms with Crippen LogP contribution in [0.3, 0.4) is 0 Å². The zero-order chi connectivity index (χ0) is 18.5. The zero-order valence-corrected chi connectivity index (χ0v) is 16.0. The number of hydrogen-bond donors (Lipinski definition) is 1. The number of para-hydroxylation sites is 1. The Labute approximate surface area is 162 Å². The third-order valence-electron chi connectivity index (χ3n) is 4.36. The maximum Gasteiger partial charge on any atom is 0.247 e. The first-order valence-corrected chi connectivity index (χ1v) is 10.3. The number of unbranched alkanes of at least 4 members (excludes halogenated alkanes) is 3. The quantitative estimate of drug-likeness (QED) is 0.438. The van der Waals surface area contributed by atoms with E-state index in [0.29, 0.717) is 22.5 Å². The van der Waals surface area contributed by atoms with Crippen molar-refractivity contribution in [2.45, 2.75) is 44.0 Å². The molecule has 2 aromatic heterocycles. The topological polar surface area (TPSA) is 73.1 Å². The Bertz CT molecular complexity index is 885. The Morgan fingerprint density at radius 2 is 2.00 bits per heavy atom. The van der Waals surface area contributed by atoms with Crippen molar-refractivity contribution in [2.75, 3.05) is 11.1 Å². The minimum absolute atomic E-state index is 0.471. The molecule has 0 saturated carbocycles. The van der Waals surface area contributed by atoms with Crippen LogP contribution in [0, 0.1) is 0 Å². The van der Waals surface area contributed by atoms with Crippen molar-refractivity contribution in [1.82, 2.24) is 15.2 Å². The number of benzene rings is 1. The predicted molar refractivity (Wildman–Crippen MR) is 106 cm³/mol. The largest absolute Gasteiger partial charge is 0.463 e. The van der Waals surface area contributed by atoms with Crippen molar-refractivity contribution < 1.29 is 9.15 Å². The maximum atomic E-state index is 6.14. The third kappa shape index (κ3) is 4.08. The molecule has 0 amide bonds. The molecule has 1 aliphatic rings. The summed E-state index contributed by atoms with van der Waals surface area (Å²) in [6.07, 6.45) is 6.04. The molecular formula is C20H22N4O2S. The minimum atomic E-state index is -0.471. The van der Waals surface area contributed by atoms with E-state index in [0.717, 1.165) is 23.4 Å². The smallest absolute Gasteiger partial charge is 0.247 e. The van der Waals surface area contributed by atoms with Gasteiger partial charge >= 0.3 is 0 Å². The van der Waals surface area contributed by atoms with Crippen molar-refractivity contribution in [3.63, 3.8) is 0 Å². The van der Waals surface area contributed by atoms with Crippen molar-refractivity contribution in [3.05, 3.63) is 48.4 Å². The molecule has 1 aliphatic heterocycles. The van der Waals surface area contributed by atoms with Crippen LogP contribution in [-0.2, 0) is 0 Å². The number of furan rings is 1. The highest BCUT2D eigenvalue weighted by Gasteiger charge is 2.27. The highest BCUT2D eigenvalue weighted by molar-refractivity contribution is 7.99. The van der Waals surface area contributed by atoms with Crippen LogP contribution in [0.2, 0.25) is 0 Å². The molecule has 6 nitrogen and oxygen atoms in total. The number of anilines is 1. The van der Waals surface area contributed by atoms with Crippen LogP contribution in [0.5, 0.6) is 5.88 Å². The van der Waals surface area contributed by atoms with E-state index >= 15 is 0 Å². The number of thioether (sulfide) groups is 1. The summed E-state index contributed by atoms with van der Waals surface area (Å²) in [5, 5.41) is 12.7. The number of aromatic nitrogens is 3. The normalized spacial score (nSPS) is 15.2. The molecule has 3 aromatic rings. The van der Waals surface area contributed by atoms with Gasteiger partial charge in [-0.05, 0) is 24.6 Å². The maximum absolute atomic E-state index is 6.14. The standard InChI is InChI=1S/C20H22N4O2S/c1-2-3-4-7-13-27-20-22-19-17(23-24-20)14-9-5-6-10-15(14)21-18(26-19)16-11-8-12-25-16/h5-6,8-12,18,21H,2-4,7,13H2,1H3/t18-/m1/s1. The lowest BCUT2D eigenvalue weighted by atomic mass is 10.1. The summed E-state index contributed by atoms with van der Waals surface area (Å²) in [5.74, 6) is 2.14. The minimum Gasteiger partial charge on any atom is -0.463 e. The summed E-state index contributed by atoms with van der Waals surface area (Å²) >= 11 is 1.62. The summed E-state index contributed by atoms with van der Waals surface area (Å²) in [6, 6.07) is 11.6. The van der Waals surface area contributed by atoms with E-state index in [2.05, 4.69) is 27.4 Å². The fraction of sp³-hybridized carbons (Fsp3) is 0.350. The Hall–Kier alpha value is -2.54. The molecule has 1 aromatic carbocycles. The van der Waals surface area contributed by atoms with Gasteiger partial charge in [-0.15, -0.1) is 10.2 Å². The number of rotatable bonds is 7. The van der Waals surface area contributed by atoms with Gasteiger partial charge < -0.3 is 14.5 Å². The third-order valence-corrected chi connectivity index (χ3v) is 5.29. The second-order valence-electron chi connectivity index (χ2n) is 6.36. The number of ether oxygens (including phenoxy) is 1. The van der Waals surface area contributed by atoms with Crippen LogP contribution in [0.4, 0.5) is 5.69 Å². The molecule has 7 heteroatoms. The molecule has 0 spiro atoms. The lowest BCUT2D eigenvalue weighted by Gasteiger charge is -2.16. The Kier molecular flexibility index (Phi) is 5.58. The fourth-order valence-electron chi connectivity index (χ4n) is 2.97. The van der Waals surface area contributed by atoms with E-state index in [9.17, 15) is 0 Å². The van der Waals surface area contributed by atoms with Crippen LogP contribution < -0.4 is 10.1 Å². The van der Waals surface area contributed by atoms with Gasteiger partial charge in [-0.3, -0.25) is 0 Å².